The summed E-state index contributed by atoms with van der Waals surface area (Å²) in [5, 5.41) is -0.139. The highest BCUT2D eigenvalue weighted by Gasteiger charge is 1.79. The van der Waals surface area contributed by atoms with Crippen LogP contribution in [0.25, 0.3) is 0 Å². The zero-order valence-corrected chi connectivity index (χ0v) is 8.34. The Labute approximate surface area is 79.2 Å². The van der Waals surface area contributed by atoms with Crippen LogP contribution in [0.1, 0.15) is 19.4 Å². The van der Waals surface area contributed by atoms with Gasteiger partial charge in [0.1, 0.15) is 0 Å². The molecule has 1 rings (SSSR count). The van der Waals surface area contributed by atoms with Gasteiger partial charge < -0.3 is 0 Å². The van der Waals surface area contributed by atoms with Gasteiger partial charge in [-0.25, -0.2) is 0 Å². The minimum absolute atomic E-state index is 0.139. The molecule has 66 valence electrons. The summed E-state index contributed by atoms with van der Waals surface area (Å²) < 4.78 is 0. The van der Waals surface area contributed by atoms with E-state index in [2.05, 4.69) is 43.8 Å². The van der Waals surface area contributed by atoms with Crippen LogP contribution in [0.4, 0.5) is 0 Å². The predicted octanol–water partition coefficient (Wildman–Crippen LogP) is 2.71. The lowest BCUT2D eigenvalue weighted by atomic mass is 10.2. The van der Waals surface area contributed by atoms with Crippen LogP contribution in [0.15, 0.2) is 30.3 Å². The van der Waals surface area contributed by atoms with Crippen molar-refractivity contribution in [1.29, 1.82) is 0 Å². The zero-order chi connectivity index (χ0) is 9.40. The van der Waals surface area contributed by atoms with Crippen molar-refractivity contribution in [1.82, 2.24) is 0 Å². The van der Waals surface area contributed by atoms with E-state index in [1.807, 2.05) is 6.07 Å². The average molecular weight is 182 g/mol. The molecule has 0 heterocycles. The van der Waals surface area contributed by atoms with Gasteiger partial charge in [-0.15, -0.1) is 12.6 Å². The third-order valence-electron chi connectivity index (χ3n) is 1.25. The Hall–Kier alpha value is -0.760. The maximum Gasteiger partial charge on any atom is 0.182 e. The van der Waals surface area contributed by atoms with E-state index >= 15 is 0 Å². The molecule has 0 saturated carbocycles. The molecule has 0 saturated heterocycles. The first-order valence-electron chi connectivity index (χ1n) is 3.90. The second kappa shape index (κ2) is 6.92. The largest absolute Gasteiger partial charge is 0.288 e. The number of rotatable bonds is 1. The first kappa shape index (κ1) is 11.2. The summed E-state index contributed by atoms with van der Waals surface area (Å²) in [6, 6.07) is 10.5. The Morgan fingerprint density at radius 1 is 1.33 bits per heavy atom. The lowest BCUT2D eigenvalue weighted by molar-refractivity contribution is -0.108. The Balaban J connectivity index is 0.000000261. The molecule has 0 aliphatic heterocycles. The molecule has 1 aromatic carbocycles. The molecule has 0 N–H and O–H groups in total. The third-order valence-corrected chi connectivity index (χ3v) is 1.25. The van der Waals surface area contributed by atoms with Gasteiger partial charge in [0, 0.05) is 6.92 Å². The van der Waals surface area contributed by atoms with E-state index in [1.165, 1.54) is 12.5 Å². The van der Waals surface area contributed by atoms with Crippen molar-refractivity contribution in [3.63, 3.8) is 0 Å². The zero-order valence-electron chi connectivity index (χ0n) is 7.45. The van der Waals surface area contributed by atoms with Crippen LogP contribution in [-0.4, -0.2) is 5.12 Å². The van der Waals surface area contributed by atoms with Gasteiger partial charge in [0.2, 0.25) is 0 Å². The maximum absolute atomic E-state index is 9.31. The lowest BCUT2D eigenvalue weighted by Gasteiger charge is -1.89. The number of hydrogen-bond donors (Lipinski definition) is 1. The molecule has 0 aliphatic carbocycles. The first-order chi connectivity index (χ1) is 5.66. The minimum atomic E-state index is -0.139. The summed E-state index contributed by atoms with van der Waals surface area (Å²) in [6.07, 6.45) is 1.14. The topological polar surface area (TPSA) is 17.1 Å². The number of carbonyl (C=O) groups excluding carboxylic acids is 1. The molecule has 0 aliphatic rings. The van der Waals surface area contributed by atoms with Gasteiger partial charge in [0.15, 0.2) is 5.12 Å². The Kier molecular flexibility index (Phi) is 6.48. The minimum Gasteiger partial charge on any atom is -0.288 e. The SMILES string of the molecule is CC(=O)S.CCc1ccccc1. The van der Waals surface area contributed by atoms with Gasteiger partial charge in [-0.1, -0.05) is 37.3 Å². The highest BCUT2D eigenvalue weighted by atomic mass is 32.1. The number of carbonyl (C=O) groups is 1. The summed E-state index contributed by atoms with van der Waals surface area (Å²) in [4.78, 5) is 9.31. The van der Waals surface area contributed by atoms with Crippen LogP contribution in [0, 0.1) is 0 Å². The van der Waals surface area contributed by atoms with Crippen LogP contribution < -0.4 is 0 Å². The van der Waals surface area contributed by atoms with Crippen molar-refractivity contribution in [3.8, 4) is 0 Å². The lowest BCUT2D eigenvalue weighted by Crippen LogP contribution is -1.73. The Morgan fingerprint density at radius 3 is 2.00 bits per heavy atom. The molecule has 0 amide bonds. The summed E-state index contributed by atoms with van der Waals surface area (Å²) >= 11 is 3.33. The summed E-state index contributed by atoms with van der Waals surface area (Å²) in [6.45, 7) is 3.55. The molecule has 2 heteroatoms. The van der Waals surface area contributed by atoms with Crippen LogP contribution in [0.3, 0.4) is 0 Å². The van der Waals surface area contributed by atoms with Crippen molar-refractivity contribution in [2.45, 2.75) is 20.3 Å². The molecule has 0 aromatic heterocycles. The van der Waals surface area contributed by atoms with E-state index < -0.39 is 0 Å². The molecule has 0 fully saturated rings. The fraction of sp³-hybridized carbons (Fsp3) is 0.300. The van der Waals surface area contributed by atoms with Gasteiger partial charge in [-0.05, 0) is 12.0 Å². The van der Waals surface area contributed by atoms with Crippen molar-refractivity contribution in [2.75, 3.05) is 0 Å². The molecule has 0 unspecified atom stereocenters. The smallest absolute Gasteiger partial charge is 0.182 e. The number of benzene rings is 1. The highest BCUT2D eigenvalue weighted by molar-refractivity contribution is 7.96. The van der Waals surface area contributed by atoms with Crippen LogP contribution >= 0.6 is 12.6 Å². The summed E-state index contributed by atoms with van der Waals surface area (Å²) in [5.41, 5.74) is 1.41. The predicted molar refractivity (Wildman–Crippen MR) is 55.5 cm³/mol. The summed E-state index contributed by atoms with van der Waals surface area (Å²) in [5.74, 6) is 0. The second-order valence-electron chi connectivity index (χ2n) is 2.36. The van der Waals surface area contributed by atoms with Crippen LogP contribution in [-0.2, 0) is 11.2 Å². The second-order valence-corrected chi connectivity index (χ2v) is 2.99. The standard InChI is InChI=1S/C8H10.C2H4OS/c1-2-8-6-4-3-5-7-8;1-2(3)4/h3-7H,2H2,1H3;1H3,(H,3,4). The summed E-state index contributed by atoms with van der Waals surface area (Å²) in [7, 11) is 0. The fourth-order valence-corrected chi connectivity index (χ4v) is 0.714. The molecule has 0 radical (unpaired) electrons. The molecule has 1 aromatic rings. The van der Waals surface area contributed by atoms with Gasteiger partial charge in [0.25, 0.3) is 0 Å². The molecule has 0 spiro atoms. The molecule has 0 bridgehead atoms. The number of thiol groups is 1. The number of hydrogen-bond acceptors (Lipinski definition) is 1. The van der Waals surface area contributed by atoms with Crippen molar-refractivity contribution >= 4 is 17.7 Å². The van der Waals surface area contributed by atoms with E-state index in [0.717, 1.165) is 6.42 Å². The van der Waals surface area contributed by atoms with Gasteiger partial charge >= 0.3 is 0 Å². The molecule has 1 nitrogen and oxygen atoms in total. The van der Waals surface area contributed by atoms with E-state index in [4.69, 9.17) is 0 Å². The van der Waals surface area contributed by atoms with Crippen LogP contribution in [0.5, 0.6) is 0 Å². The van der Waals surface area contributed by atoms with Crippen molar-refractivity contribution in [3.05, 3.63) is 35.9 Å². The quantitative estimate of drug-likeness (QED) is 0.661. The fourth-order valence-electron chi connectivity index (χ4n) is 0.714. The Morgan fingerprint density at radius 2 is 1.75 bits per heavy atom. The molecule has 12 heavy (non-hydrogen) atoms. The van der Waals surface area contributed by atoms with Gasteiger partial charge in [-0.2, -0.15) is 0 Å². The van der Waals surface area contributed by atoms with Crippen LogP contribution in [0.2, 0.25) is 0 Å². The third kappa shape index (κ3) is 7.35. The monoisotopic (exact) mass is 182 g/mol. The number of aryl methyl sites for hydroxylation is 1. The van der Waals surface area contributed by atoms with E-state index in [-0.39, 0.29) is 5.12 Å². The van der Waals surface area contributed by atoms with E-state index in [0.29, 0.717) is 0 Å². The van der Waals surface area contributed by atoms with E-state index in [9.17, 15) is 4.79 Å². The highest BCUT2D eigenvalue weighted by Crippen LogP contribution is 1.96. The first-order valence-corrected chi connectivity index (χ1v) is 4.35. The molecular formula is C10H14OS. The average Bonchev–Trinajstić information content (AvgIpc) is 2.05. The van der Waals surface area contributed by atoms with Crippen molar-refractivity contribution in [2.24, 2.45) is 0 Å². The molecule has 0 atom stereocenters. The van der Waals surface area contributed by atoms with Gasteiger partial charge in [0.05, 0.1) is 0 Å². The van der Waals surface area contributed by atoms with E-state index in [1.54, 1.807) is 0 Å². The Bertz CT molecular complexity index is 215. The normalized spacial score (nSPS) is 8.25. The van der Waals surface area contributed by atoms with Gasteiger partial charge in [-0.3, -0.25) is 4.79 Å². The van der Waals surface area contributed by atoms with Crippen molar-refractivity contribution < 1.29 is 4.79 Å². The molecular weight excluding hydrogens is 168 g/mol. The maximum atomic E-state index is 9.31.